The van der Waals surface area contributed by atoms with Crippen LogP contribution in [0.3, 0.4) is 0 Å². The van der Waals surface area contributed by atoms with Crippen LogP contribution in [0.15, 0.2) is 78.9 Å². The number of ether oxygens (including phenoxy) is 1. The van der Waals surface area contributed by atoms with Crippen molar-refractivity contribution in [2.75, 3.05) is 7.11 Å². The van der Waals surface area contributed by atoms with E-state index < -0.39 is 5.91 Å². The molecule has 0 aliphatic heterocycles. The Hall–Kier alpha value is -4.03. The van der Waals surface area contributed by atoms with Gasteiger partial charge in [0.15, 0.2) is 5.78 Å². The number of halogens is 1. The first kappa shape index (κ1) is 21.7. The van der Waals surface area contributed by atoms with Gasteiger partial charge >= 0.3 is 0 Å². The Morgan fingerprint density at radius 1 is 0.968 bits per heavy atom. The molecule has 0 unspecified atom stereocenters. The average Bonchev–Trinajstić information content (AvgIpc) is 2.81. The maximum Gasteiger partial charge on any atom is 0.267 e. The largest absolute Gasteiger partial charge is 0.496 e. The minimum absolute atomic E-state index is 0.201. The molecule has 0 heterocycles. The third-order valence-corrected chi connectivity index (χ3v) is 4.55. The van der Waals surface area contributed by atoms with Crippen LogP contribution in [0.1, 0.15) is 21.5 Å². The number of methoxy groups -OCH3 is 1. The maximum atomic E-state index is 13.2. The number of hydrogen-bond acceptors (Lipinski definition) is 4. The summed E-state index contributed by atoms with van der Waals surface area (Å²) in [7, 11) is 1.50. The molecule has 3 rings (SSSR count). The number of carbonyl (C=O) groups excluding carboxylic acids is 2. The summed E-state index contributed by atoms with van der Waals surface area (Å²) in [5.74, 6) is -0.677. The van der Waals surface area contributed by atoms with Gasteiger partial charge in [-0.15, -0.1) is 0 Å². The van der Waals surface area contributed by atoms with Gasteiger partial charge in [0.1, 0.15) is 11.6 Å². The van der Waals surface area contributed by atoms with Crippen molar-refractivity contribution in [2.24, 2.45) is 0 Å². The maximum absolute atomic E-state index is 13.2. The van der Waals surface area contributed by atoms with Gasteiger partial charge in [-0.05, 0) is 53.1 Å². The van der Waals surface area contributed by atoms with Crippen LogP contribution in [-0.2, 0) is 4.79 Å². The molecule has 6 heteroatoms. The molecule has 0 spiro atoms. The van der Waals surface area contributed by atoms with Crippen LogP contribution in [0.2, 0.25) is 0 Å². The monoisotopic (exact) mass is 417 g/mol. The van der Waals surface area contributed by atoms with Crippen LogP contribution in [0.25, 0.3) is 23.3 Å². The molecule has 0 atom stereocenters. The molecule has 3 aromatic rings. The van der Waals surface area contributed by atoms with Crippen molar-refractivity contribution in [1.82, 2.24) is 5.48 Å². The van der Waals surface area contributed by atoms with E-state index in [0.717, 1.165) is 17.2 Å². The van der Waals surface area contributed by atoms with Crippen molar-refractivity contribution in [3.8, 4) is 16.9 Å². The molecule has 0 aliphatic rings. The van der Waals surface area contributed by atoms with E-state index in [4.69, 9.17) is 9.94 Å². The third kappa shape index (κ3) is 5.52. The summed E-state index contributed by atoms with van der Waals surface area (Å²) in [5.41, 5.74) is 4.81. The van der Waals surface area contributed by atoms with Crippen molar-refractivity contribution in [3.63, 3.8) is 0 Å². The minimum atomic E-state index is -0.671. The predicted octanol–water partition coefficient (Wildman–Crippen LogP) is 4.92. The topological polar surface area (TPSA) is 75.6 Å². The molecule has 31 heavy (non-hydrogen) atoms. The smallest absolute Gasteiger partial charge is 0.267 e. The van der Waals surface area contributed by atoms with Gasteiger partial charge in [0, 0.05) is 17.2 Å². The van der Waals surface area contributed by atoms with Crippen molar-refractivity contribution < 1.29 is 23.9 Å². The highest BCUT2D eigenvalue weighted by molar-refractivity contribution is 6.11. The number of hydroxylamine groups is 1. The number of benzene rings is 3. The molecular formula is C25H20FNO4. The molecule has 2 N–H and O–H groups in total. The van der Waals surface area contributed by atoms with E-state index >= 15 is 0 Å². The zero-order valence-electron chi connectivity index (χ0n) is 16.7. The fourth-order valence-corrected chi connectivity index (χ4v) is 3.03. The average molecular weight is 417 g/mol. The van der Waals surface area contributed by atoms with Crippen molar-refractivity contribution in [1.29, 1.82) is 0 Å². The van der Waals surface area contributed by atoms with E-state index in [1.807, 2.05) is 12.1 Å². The molecule has 0 aliphatic carbocycles. The molecule has 0 fully saturated rings. The summed E-state index contributed by atoms with van der Waals surface area (Å²) in [6.07, 6.45) is 5.77. The second-order valence-corrected chi connectivity index (χ2v) is 6.56. The second kappa shape index (κ2) is 10.1. The van der Waals surface area contributed by atoms with Crippen LogP contribution in [0.4, 0.5) is 4.39 Å². The number of carbonyl (C=O) groups is 2. The highest BCUT2D eigenvalue weighted by Crippen LogP contribution is 2.26. The van der Waals surface area contributed by atoms with Crippen molar-refractivity contribution in [3.05, 3.63) is 101 Å². The number of nitrogens with one attached hydrogen (secondary N) is 1. The number of rotatable bonds is 7. The molecule has 0 bridgehead atoms. The lowest BCUT2D eigenvalue weighted by Gasteiger charge is -2.08. The number of hydrogen-bond donors (Lipinski definition) is 2. The van der Waals surface area contributed by atoms with E-state index in [2.05, 4.69) is 0 Å². The molecule has 5 nitrogen and oxygen atoms in total. The lowest BCUT2D eigenvalue weighted by Crippen LogP contribution is -2.14. The Balaban J connectivity index is 1.88. The number of allylic oxidation sites excluding steroid dienone is 1. The van der Waals surface area contributed by atoms with Crippen LogP contribution in [-0.4, -0.2) is 24.0 Å². The molecule has 0 saturated heterocycles. The van der Waals surface area contributed by atoms with E-state index in [0.29, 0.717) is 22.4 Å². The first-order valence-electron chi connectivity index (χ1n) is 9.39. The number of amides is 1. The molecule has 0 radical (unpaired) electrons. The van der Waals surface area contributed by atoms with Gasteiger partial charge < -0.3 is 4.74 Å². The lowest BCUT2D eigenvalue weighted by atomic mass is 9.96. The Bertz CT molecular complexity index is 1150. The zero-order chi connectivity index (χ0) is 22.2. The highest BCUT2D eigenvalue weighted by atomic mass is 19.1. The van der Waals surface area contributed by atoms with Gasteiger partial charge in [0.05, 0.1) is 7.11 Å². The molecule has 0 saturated carbocycles. The fourth-order valence-electron chi connectivity index (χ4n) is 3.03. The van der Waals surface area contributed by atoms with Crippen molar-refractivity contribution in [2.45, 2.75) is 0 Å². The SMILES string of the molecule is COc1ccc(/C=C/C(=O)c2ccccc2-c2ccc(F)cc2)cc1/C=C/C(=O)NO. The molecule has 156 valence electrons. The summed E-state index contributed by atoms with van der Waals surface area (Å²) in [4.78, 5) is 24.1. The predicted molar refractivity (Wildman–Crippen MR) is 117 cm³/mol. The van der Waals surface area contributed by atoms with Crippen molar-refractivity contribution >= 4 is 23.8 Å². The standard InChI is InChI=1S/C25H20FNO4/c1-31-24-14-7-17(16-19(24)10-15-25(29)27-30)6-13-23(28)22-5-3-2-4-21(22)18-8-11-20(26)12-9-18/h2-16,30H,1H3,(H,27,29)/b13-6+,15-10+. The highest BCUT2D eigenvalue weighted by Gasteiger charge is 2.10. The second-order valence-electron chi connectivity index (χ2n) is 6.56. The molecule has 0 aromatic heterocycles. The van der Waals surface area contributed by atoms with Crippen LogP contribution in [0.5, 0.6) is 5.75 Å². The summed E-state index contributed by atoms with van der Waals surface area (Å²) < 4.78 is 18.5. The van der Waals surface area contributed by atoms with E-state index in [9.17, 15) is 14.0 Å². The first-order valence-corrected chi connectivity index (χ1v) is 9.39. The summed E-state index contributed by atoms with van der Waals surface area (Å²) in [5, 5.41) is 8.62. The van der Waals surface area contributed by atoms with E-state index in [-0.39, 0.29) is 11.6 Å². The van der Waals surface area contributed by atoms with Gasteiger partial charge in [-0.25, -0.2) is 9.87 Å². The summed E-state index contributed by atoms with van der Waals surface area (Å²) in [6.45, 7) is 0. The molecule has 1 amide bonds. The van der Waals surface area contributed by atoms with Gasteiger partial charge in [-0.2, -0.15) is 0 Å². The lowest BCUT2D eigenvalue weighted by molar-refractivity contribution is -0.124. The zero-order valence-corrected chi connectivity index (χ0v) is 16.7. The summed E-state index contributed by atoms with van der Waals surface area (Å²) >= 11 is 0. The Morgan fingerprint density at radius 2 is 1.71 bits per heavy atom. The quantitative estimate of drug-likeness (QED) is 0.248. The fraction of sp³-hybridized carbons (Fsp3) is 0.0400. The van der Waals surface area contributed by atoms with E-state index in [1.165, 1.54) is 36.9 Å². The first-order chi connectivity index (χ1) is 15.0. The van der Waals surface area contributed by atoms with Crippen LogP contribution < -0.4 is 10.2 Å². The normalized spacial score (nSPS) is 11.1. The number of ketones is 1. The van der Waals surface area contributed by atoms with Gasteiger partial charge in [0.25, 0.3) is 5.91 Å². The molecular weight excluding hydrogens is 397 g/mol. The van der Waals surface area contributed by atoms with E-state index in [1.54, 1.807) is 48.5 Å². The van der Waals surface area contributed by atoms with Crippen LogP contribution in [0, 0.1) is 5.82 Å². The van der Waals surface area contributed by atoms with Gasteiger partial charge in [-0.1, -0.05) is 48.5 Å². The summed E-state index contributed by atoms with van der Waals surface area (Å²) in [6, 6.07) is 18.4. The molecule has 3 aromatic carbocycles. The Labute approximate surface area is 179 Å². The third-order valence-electron chi connectivity index (χ3n) is 4.55. The Kier molecular flexibility index (Phi) is 7.09. The van der Waals surface area contributed by atoms with Gasteiger partial charge in [-0.3, -0.25) is 14.8 Å². The minimum Gasteiger partial charge on any atom is -0.496 e. The Morgan fingerprint density at radius 3 is 2.42 bits per heavy atom. The van der Waals surface area contributed by atoms with Gasteiger partial charge in [0.2, 0.25) is 0 Å². The van der Waals surface area contributed by atoms with Crippen LogP contribution >= 0.6 is 0 Å².